The maximum absolute atomic E-state index is 10.7. The van der Waals surface area contributed by atoms with Crippen molar-refractivity contribution in [3.05, 3.63) is 20.3 Å². The van der Waals surface area contributed by atoms with Crippen LogP contribution in [0.4, 0.5) is 0 Å². The van der Waals surface area contributed by atoms with Gasteiger partial charge in [-0.15, -0.1) is 11.3 Å². The van der Waals surface area contributed by atoms with Gasteiger partial charge < -0.3 is 11.1 Å². The molecule has 1 amide bonds. The molecule has 0 bridgehead atoms. The van der Waals surface area contributed by atoms with Crippen molar-refractivity contribution in [2.45, 2.75) is 32.9 Å². The molecule has 1 atom stereocenters. The van der Waals surface area contributed by atoms with Crippen molar-refractivity contribution in [2.24, 2.45) is 5.73 Å². The third-order valence-electron chi connectivity index (χ3n) is 2.04. The van der Waals surface area contributed by atoms with Gasteiger partial charge in [0.15, 0.2) is 0 Å². The lowest BCUT2D eigenvalue weighted by Crippen LogP contribution is -2.30. The summed E-state index contributed by atoms with van der Waals surface area (Å²) < 4.78 is 1.17. The van der Waals surface area contributed by atoms with Gasteiger partial charge in [-0.05, 0) is 41.4 Å². The molecule has 0 radical (unpaired) electrons. The molecule has 3 nitrogen and oxygen atoms in total. The van der Waals surface area contributed by atoms with E-state index in [4.69, 9.17) is 5.73 Å². The van der Waals surface area contributed by atoms with Gasteiger partial charge in [-0.3, -0.25) is 4.79 Å². The summed E-state index contributed by atoms with van der Waals surface area (Å²) in [4.78, 5) is 11.9. The van der Waals surface area contributed by atoms with E-state index in [2.05, 4.69) is 34.2 Å². The lowest BCUT2D eigenvalue weighted by molar-refractivity contribution is -0.118. The fraction of sp³-hybridized carbons (Fsp3) is 0.500. The number of hydrogen-bond acceptors (Lipinski definition) is 3. The van der Waals surface area contributed by atoms with Crippen molar-refractivity contribution in [1.82, 2.24) is 5.32 Å². The Morgan fingerprint density at radius 3 is 2.87 bits per heavy atom. The summed E-state index contributed by atoms with van der Waals surface area (Å²) in [7, 11) is 0. The number of thiophene rings is 1. The molecule has 1 heterocycles. The Morgan fingerprint density at radius 1 is 1.73 bits per heavy atom. The zero-order chi connectivity index (χ0) is 11.4. The summed E-state index contributed by atoms with van der Waals surface area (Å²) in [5.41, 5.74) is 6.36. The van der Waals surface area contributed by atoms with Crippen LogP contribution in [0, 0.1) is 6.92 Å². The average Bonchev–Trinajstić information content (AvgIpc) is 2.42. The lowest BCUT2D eigenvalue weighted by atomic mass is 10.2. The van der Waals surface area contributed by atoms with Crippen LogP contribution in [0.5, 0.6) is 0 Å². The van der Waals surface area contributed by atoms with Gasteiger partial charge in [-0.1, -0.05) is 0 Å². The molecule has 3 N–H and O–H groups in total. The van der Waals surface area contributed by atoms with Crippen molar-refractivity contribution >= 4 is 33.2 Å². The highest BCUT2D eigenvalue weighted by molar-refractivity contribution is 9.11. The first-order valence-corrected chi connectivity index (χ1v) is 6.36. The molecule has 5 heteroatoms. The summed E-state index contributed by atoms with van der Waals surface area (Å²) in [6, 6.07) is 2.27. The van der Waals surface area contributed by atoms with E-state index in [0.717, 1.165) is 6.54 Å². The monoisotopic (exact) mass is 290 g/mol. The molecule has 1 rings (SSSR count). The molecule has 0 aliphatic heterocycles. The minimum absolute atomic E-state index is 0.128. The first-order chi connectivity index (χ1) is 6.99. The van der Waals surface area contributed by atoms with Crippen LogP contribution in [0.1, 0.15) is 23.8 Å². The molecule has 0 saturated carbocycles. The second kappa shape index (κ2) is 5.63. The zero-order valence-electron chi connectivity index (χ0n) is 8.84. The number of carbonyl (C=O) groups is 1. The van der Waals surface area contributed by atoms with Crippen LogP contribution in [-0.2, 0) is 11.3 Å². The first kappa shape index (κ1) is 12.7. The van der Waals surface area contributed by atoms with Crippen LogP contribution in [0.15, 0.2) is 9.85 Å². The molecule has 0 aliphatic carbocycles. The first-order valence-electron chi connectivity index (χ1n) is 4.75. The van der Waals surface area contributed by atoms with Crippen LogP contribution in [0.3, 0.4) is 0 Å². The highest BCUT2D eigenvalue weighted by Gasteiger charge is 2.07. The minimum atomic E-state index is -0.265. The fourth-order valence-corrected chi connectivity index (χ4v) is 2.84. The van der Waals surface area contributed by atoms with E-state index in [1.165, 1.54) is 14.2 Å². The summed E-state index contributed by atoms with van der Waals surface area (Å²) in [6.07, 6.45) is 0.380. The predicted molar refractivity (Wildman–Crippen MR) is 66.9 cm³/mol. The molecular weight excluding hydrogens is 276 g/mol. The highest BCUT2D eigenvalue weighted by atomic mass is 79.9. The Bertz CT molecular complexity index is 332. The quantitative estimate of drug-likeness (QED) is 0.873. The number of nitrogens with two attached hydrogens (primary N) is 1. The van der Waals surface area contributed by atoms with Gasteiger partial charge >= 0.3 is 0 Å². The number of halogens is 1. The number of nitrogens with one attached hydrogen (secondary N) is 1. The smallest absolute Gasteiger partial charge is 0.218 e. The largest absolute Gasteiger partial charge is 0.370 e. The maximum atomic E-state index is 10.7. The molecule has 0 aromatic carbocycles. The molecule has 84 valence electrons. The summed E-state index contributed by atoms with van der Waals surface area (Å²) in [5.74, 6) is -0.265. The number of carbonyl (C=O) groups excluding carboxylic acids is 1. The van der Waals surface area contributed by atoms with Gasteiger partial charge in [0.1, 0.15) is 0 Å². The molecule has 1 aromatic heterocycles. The second-order valence-corrected chi connectivity index (χ2v) is 6.08. The van der Waals surface area contributed by atoms with Gasteiger partial charge in [0.05, 0.1) is 3.79 Å². The number of aryl methyl sites for hydroxylation is 1. The second-order valence-electron chi connectivity index (χ2n) is 3.62. The lowest BCUT2D eigenvalue weighted by Gasteiger charge is -2.10. The average molecular weight is 291 g/mol. The zero-order valence-corrected chi connectivity index (χ0v) is 11.2. The Labute approximate surface area is 102 Å². The van der Waals surface area contributed by atoms with E-state index < -0.39 is 0 Å². The van der Waals surface area contributed by atoms with E-state index in [1.807, 2.05) is 6.92 Å². The summed E-state index contributed by atoms with van der Waals surface area (Å²) >= 11 is 5.19. The van der Waals surface area contributed by atoms with Crippen molar-refractivity contribution < 1.29 is 4.79 Å². The standard InChI is InChI=1S/C10H15BrN2OS/c1-6-3-8(15-10(6)11)5-13-7(2)4-9(12)14/h3,7,13H,4-5H2,1-2H3,(H2,12,14). The van der Waals surface area contributed by atoms with Crippen LogP contribution in [0.25, 0.3) is 0 Å². The number of rotatable bonds is 5. The minimum Gasteiger partial charge on any atom is -0.370 e. The van der Waals surface area contributed by atoms with Crippen LogP contribution in [-0.4, -0.2) is 11.9 Å². The maximum Gasteiger partial charge on any atom is 0.218 e. The number of primary amides is 1. The normalized spacial score (nSPS) is 12.7. The van der Waals surface area contributed by atoms with E-state index in [-0.39, 0.29) is 11.9 Å². The Balaban J connectivity index is 2.40. The van der Waals surface area contributed by atoms with E-state index in [0.29, 0.717) is 6.42 Å². The molecule has 1 unspecified atom stereocenters. The number of amides is 1. The molecule has 0 spiro atoms. The van der Waals surface area contributed by atoms with Gasteiger partial charge in [-0.25, -0.2) is 0 Å². The summed E-state index contributed by atoms with van der Waals surface area (Å²) in [6.45, 7) is 4.81. The van der Waals surface area contributed by atoms with Crippen LogP contribution in [0.2, 0.25) is 0 Å². The Kier molecular flexibility index (Phi) is 4.76. The fourth-order valence-electron chi connectivity index (χ4n) is 1.26. The number of hydrogen-bond donors (Lipinski definition) is 2. The molecule has 0 aliphatic rings. The van der Waals surface area contributed by atoms with Gasteiger partial charge in [0.2, 0.25) is 5.91 Å². The van der Waals surface area contributed by atoms with E-state index in [9.17, 15) is 4.79 Å². The molecule has 15 heavy (non-hydrogen) atoms. The third kappa shape index (κ3) is 4.32. The predicted octanol–water partition coefficient (Wildman–Crippen LogP) is 2.17. The Morgan fingerprint density at radius 2 is 2.40 bits per heavy atom. The van der Waals surface area contributed by atoms with Crippen molar-refractivity contribution in [1.29, 1.82) is 0 Å². The van der Waals surface area contributed by atoms with Crippen molar-refractivity contribution in [2.75, 3.05) is 0 Å². The van der Waals surface area contributed by atoms with E-state index >= 15 is 0 Å². The summed E-state index contributed by atoms with van der Waals surface area (Å²) in [5, 5.41) is 3.26. The van der Waals surface area contributed by atoms with E-state index in [1.54, 1.807) is 11.3 Å². The van der Waals surface area contributed by atoms with Gasteiger partial charge in [0.25, 0.3) is 0 Å². The van der Waals surface area contributed by atoms with Crippen molar-refractivity contribution in [3.63, 3.8) is 0 Å². The van der Waals surface area contributed by atoms with Gasteiger partial charge in [-0.2, -0.15) is 0 Å². The van der Waals surface area contributed by atoms with Crippen LogP contribution < -0.4 is 11.1 Å². The highest BCUT2D eigenvalue weighted by Crippen LogP contribution is 2.27. The molecule has 0 fully saturated rings. The SMILES string of the molecule is Cc1cc(CNC(C)CC(N)=O)sc1Br. The molecule has 1 aromatic rings. The topological polar surface area (TPSA) is 55.1 Å². The van der Waals surface area contributed by atoms with Crippen molar-refractivity contribution in [3.8, 4) is 0 Å². The van der Waals surface area contributed by atoms with Crippen LogP contribution >= 0.6 is 27.3 Å². The Hall–Kier alpha value is -0.390. The third-order valence-corrected chi connectivity index (χ3v) is 4.18. The molecular formula is C10H15BrN2OS. The molecule has 0 saturated heterocycles. The van der Waals surface area contributed by atoms with Gasteiger partial charge in [0, 0.05) is 23.9 Å².